The van der Waals surface area contributed by atoms with E-state index in [-0.39, 0.29) is 30.4 Å². The number of benzene rings is 2. The van der Waals surface area contributed by atoms with Crippen LogP contribution in [0.25, 0.3) is 11.1 Å². The fourth-order valence-electron chi connectivity index (χ4n) is 4.86. The Labute approximate surface area is 238 Å². The van der Waals surface area contributed by atoms with Crippen LogP contribution < -0.4 is 5.32 Å². The van der Waals surface area contributed by atoms with Crippen LogP contribution in [0.15, 0.2) is 48.5 Å². The molecule has 1 N–H and O–H groups in total. The van der Waals surface area contributed by atoms with E-state index in [1.165, 1.54) is 4.90 Å². The van der Waals surface area contributed by atoms with E-state index in [4.69, 9.17) is 6.42 Å². The number of unbranched alkanes of at least 4 members (excludes halogenated alkanes) is 3. The van der Waals surface area contributed by atoms with Crippen LogP contribution in [0, 0.1) is 30.7 Å². The maximum atomic E-state index is 13.6. The molecule has 0 radical (unpaired) electrons. The van der Waals surface area contributed by atoms with Crippen molar-refractivity contribution < 1.29 is 14.4 Å². The van der Waals surface area contributed by atoms with E-state index in [1.807, 2.05) is 60.4 Å². The first kappa shape index (κ1) is 31.9. The van der Waals surface area contributed by atoms with Gasteiger partial charge < -0.3 is 19.9 Å². The Kier molecular flexibility index (Phi) is 11.9. The largest absolute Gasteiger partial charge is 0.365 e. The van der Waals surface area contributed by atoms with E-state index >= 15 is 0 Å². The summed E-state index contributed by atoms with van der Waals surface area (Å²) in [6.45, 7) is 5.03. The third kappa shape index (κ3) is 8.31. The van der Waals surface area contributed by atoms with Gasteiger partial charge in [-0.1, -0.05) is 81.6 Å². The number of nitrogens with zero attached hydrogens (tertiary/aromatic N) is 3. The smallest absolute Gasteiger partial charge is 0.329 e. The molecule has 212 valence electrons. The molecule has 2 aromatic rings. The van der Waals surface area contributed by atoms with Crippen molar-refractivity contribution in [3.05, 3.63) is 66.1 Å². The molecule has 41 heavy (non-hydrogen) atoms. The van der Waals surface area contributed by atoms with Gasteiger partial charge in [0.05, 0.1) is 12.5 Å². The average molecular weight is 807 g/mol. The molecule has 3 rings (SSSR count). The van der Waals surface area contributed by atoms with Gasteiger partial charge >= 0.3 is 6.03 Å². The van der Waals surface area contributed by atoms with Gasteiger partial charge in [0.25, 0.3) is 0 Å². The Morgan fingerprint density at radius 3 is 2.46 bits per heavy atom. The van der Waals surface area contributed by atoms with Crippen LogP contribution in [0.3, 0.4) is 0 Å². The predicted molar refractivity (Wildman–Crippen MR) is 158 cm³/mol. The molecule has 1 saturated heterocycles. The summed E-state index contributed by atoms with van der Waals surface area (Å²) < 4.78 is 0. The van der Waals surface area contributed by atoms with E-state index in [9.17, 15) is 14.4 Å². The fourth-order valence-corrected chi connectivity index (χ4v) is 4.86. The summed E-state index contributed by atoms with van der Waals surface area (Å²) >= 11 is 0. The van der Waals surface area contributed by atoms with Crippen molar-refractivity contribution in [2.45, 2.75) is 64.6 Å². The minimum absolute atomic E-state index is 0. The Hall–Kier alpha value is -5.36. The summed E-state index contributed by atoms with van der Waals surface area (Å²) in [6, 6.07) is 17.5. The van der Waals surface area contributed by atoms with Crippen molar-refractivity contribution in [2.24, 2.45) is 0 Å². The third-order valence-electron chi connectivity index (χ3n) is 7.22. The molecule has 2 atom stereocenters. The van der Waals surface area contributed by atoms with Crippen LogP contribution in [0.4, 0.5) is 4.79 Å². The monoisotopic (exact) mass is 806 g/mol. The van der Waals surface area contributed by atoms with E-state index in [2.05, 4.69) is 30.1 Å². The van der Waals surface area contributed by atoms with Gasteiger partial charge in [-0.15, -0.1) is 6.42 Å². The maximum Gasteiger partial charge on any atom is 0.329 e. The summed E-state index contributed by atoms with van der Waals surface area (Å²) in [5.74, 6) is 4.61. The van der Waals surface area contributed by atoms with Crippen molar-refractivity contribution >= 4 is 17.8 Å². The summed E-state index contributed by atoms with van der Waals surface area (Å²) in [7, 11) is 3.26. The summed E-state index contributed by atoms with van der Waals surface area (Å²) in [6.07, 6.45) is 11.6. The minimum atomic E-state index is -0.547. The van der Waals surface area contributed by atoms with Crippen LogP contribution in [-0.2, 0) is 22.6 Å². The van der Waals surface area contributed by atoms with Gasteiger partial charge in [0.2, 0.25) is 5.91 Å². The van der Waals surface area contributed by atoms with E-state index in [0.29, 0.717) is 13.0 Å². The SMILES string of the molecule is C#CC#CN(Cc1cccc(-c2ccc(CC3C(=O)N(CCCCCC)C(C)[CH-]C(=O)N3C)cc2)c1)C(=O)NC.[Rf]. The third-order valence-corrected chi connectivity index (χ3v) is 7.22. The van der Waals surface area contributed by atoms with E-state index in [0.717, 1.165) is 47.9 Å². The molecular weight excluding hydrogens is 767 g/mol. The van der Waals surface area contributed by atoms with Crippen LogP contribution >= 0.6 is 0 Å². The number of carbonyl (C=O) groups excluding carboxylic acids is 3. The minimum Gasteiger partial charge on any atom is -0.365 e. The molecule has 0 aliphatic carbocycles. The number of nitrogens with one attached hydrogen (secondary N) is 1. The zero-order chi connectivity index (χ0) is 29.1. The summed E-state index contributed by atoms with van der Waals surface area (Å²) in [4.78, 5) is 43.3. The second-order valence-corrected chi connectivity index (χ2v) is 10.1. The molecule has 1 fully saturated rings. The topological polar surface area (TPSA) is 73.0 Å². The quantitative estimate of drug-likeness (QED) is 0.167. The van der Waals surface area contributed by atoms with Gasteiger partial charge in [0, 0.05) is 39.0 Å². The standard InChI is InChI=1S/C33H39N4O3.Rf/c1-6-8-10-11-20-37-25(3)21-31(38)35(5)30(32(37)39)23-26-15-17-28(18-16-26)29-14-12-13-27(22-29)24-36(19-9-7-2)33(40)34-4;/h2,12-18,21-22,25,30H,6,8,10-11,20,23-24H2,1,3-5H3,(H,34,40);/q-1;. The molecule has 0 saturated carbocycles. The zero-order valence-corrected chi connectivity index (χ0v) is 31.1. The van der Waals surface area contributed by atoms with Crippen molar-refractivity contribution in [2.75, 3.05) is 20.6 Å². The molecule has 4 amide bonds. The molecule has 1 heterocycles. The first-order valence-electron chi connectivity index (χ1n) is 13.8. The number of terminal acetylenes is 1. The molecule has 0 bridgehead atoms. The van der Waals surface area contributed by atoms with Gasteiger partial charge in [0.1, 0.15) is 6.04 Å². The number of carbonyl (C=O) groups is 3. The predicted octanol–water partition coefficient (Wildman–Crippen LogP) is 4.47. The molecule has 7 nitrogen and oxygen atoms in total. The van der Waals surface area contributed by atoms with Crippen LogP contribution in [-0.4, -0.2) is 65.3 Å². The average Bonchev–Trinajstić information content (AvgIpc) is 3.03. The van der Waals surface area contributed by atoms with Gasteiger partial charge in [0.15, 0.2) is 0 Å². The normalized spacial score (nSPS) is 16.4. The molecule has 2 unspecified atom stereocenters. The van der Waals surface area contributed by atoms with E-state index in [1.54, 1.807) is 25.4 Å². The van der Waals surface area contributed by atoms with Crippen LogP contribution in [0.5, 0.6) is 0 Å². The second kappa shape index (κ2) is 15.3. The van der Waals surface area contributed by atoms with E-state index < -0.39 is 6.04 Å². The summed E-state index contributed by atoms with van der Waals surface area (Å²) in [5.41, 5.74) is 3.88. The van der Waals surface area contributed by atoms with Crippen molar-refractivity contribution in [3.8, 4) is 35.4 Å². The van der Waals surface area contributed by atoms with Crippen molar-refractivity contribution in [3.63, 3.8) is 0 Å². The Morgan fingerprint density at radius 2 is 1.80 bits per heavy atom. The van der Waals surface area contributed by atoms with Crippen LogP contribution in [0.1, 0.15) is 50.7 Å². The Morgan fingerprint density at radius 1 is 1.07 bits per heavy atom. The molecule has 1 aliphatic heterocycles. The summed E-state index contributed by atoms with van der Waals surface area (Å²) in [5, 5.41) is 2.58. The van der Waals surface area contributed by atoms with Crippen molar-refractivity contribution in [1.82, 2.24) is 20.0 Å². The zero-order valence-electron chi connectivity index (χ0n) is 24.7. The molecule has 1 aliphatic rings. The first-order valence-corrected chi connectivity index (χ1v) is 13.8. The Bertz CT molecular complexity index is 1290. The van der Waals surface area contributed by atoms with Gasteiger partial charge in [-0.25, -0.2) is 9.69 Å². The van der Waals surface area contributed by atoms with Crippen LogP contribution in [0.2, 0.25) is 0 Å². The van der Waals surface area contributed by atoms with Gasteiger partial charge in [-0.05, 0) is 40.7 Å². The molecule has 2 aromatic carbocycles. The van der Waals surface area contributed by atoms with Crippen molar-refractivity contribution in [1.29, 1.82) is 0 Å². The first-order chi connectivity index (χ1) is 19.3. The van der Waals surface area contributed by atoms with Gasteiger partial charge in [-0.2, -0.15) is 0 Å². The molecule has 8 heteroatoms. The maximum absolute atomic E-state index is 13.6. The number of urea groups is 1. The molecule has 0 aromatic heterocycles. The molecule has 0 spiro atoms. The second-order valence-electron chi connectivity index (χ2n) is 10.1. The Balaban J connectivity index is 0.00000588. The number of likely N-dealkylation sites (N-methyl/N-ethyl adjacent to an activating group) is 1. The number of rotatable bonds is 10. The van der Waals surface area contributed by atoms with Gasteiger partial charge in [-0.3, -0.25) is 11.2 Å². The fraction of sp³-hybridized carbons (Fsp3) is 0.394. The molecular formula is C33H39N4O3Rf-. The number of hydrogen-bond acceptors (Lipinski definition) is 3. The number of amides is 4. The number of hydrogen-bond donors (Lipinski definition) is 1.